The molecule has 0 aliphatic carbocycles. The Hall–Kier alpha value is -2.68. The Morgan fingerprint density at radius 1 is 0.684 bits per heavy atom. The van der Waals surface area contributed by atoms with Gasteiger partial charge >= 0.3 is 0 Å². The first-order valence-electron chi connectivity index (χ1n) is 6.01. The summed E-state index contributed by atoms with van der Waals surface area (Å²) in [7, 11) is 0. The first-order valence-corrected chi connectivity index (χ1v) is 6.01. The van der Waals surface area contributed by atoms with Crippen molar-refractivity contribution in [1.82, 2.24) is 0 Å². The van der Waals surface area contributed by atoms with Crippen LogP contribution in [0.25, 0.3) is 10.8 Å². The van der Waals surface area contributed by atoms with Crippen molar-refractivity contribution >= 4 is 22.1 Å². The van der Waals surface area contributed by atoms with Crippen LogP contribution in [-0.2, 0) is 0 Å². The Bertz CT molecular complexity index is 736. The van der Waals surface area contributed by atoms with Gasteiger partial charge in [0.1, 0.15) is 11.4 Å². The molecule has 0 radical (unpaired) electrons. The number of rotatable bonds is 2. The summed E-state index contributed by atoms with van der Waals surface area (Å²) in [6, 6.07) is 20.8. The molecule has 0 aromatic heterocycles. The Morgan fingerprint density at radius 2 is 1.32 bits per heavy atom. The molecule has 0 fully saturated rings. The van der Waals surface area contributed by atoms with E-state index < -0.39 is 0 Å². The van der Waals surface area contributed by atoms with Crippen LogP contribution in [-0.4, -0.2) is 5.11 Å². The van der Waals surface area contributed by atoms with E-state index >= 15 is 0 Å². The first kappa shape index (κ1) is 11.4. The molecule has 0 aliphatic heterocycles. The number of benzene rings is 3. The Morgan fingerprint density at radius 3 is 2.05 bits per heavy atom. The number of hydrogen-bond donors (Lipinski definition) is 1. The van der Waals surface area contributed by atoms with Gasteiger partial charge in [-0.05, 0) is 35.0 Å². The van der Waals surface area contributed by atoms with Crippen molar-refractivity contribution in [1.29, 1.82) is 0 Å². The minimum atomic E-state index is 0.137. The molecule has 1 N–H and O–H groups in total. The van der Waals surface area contributed by atoms with Crippen molar-refractivity contribution in [3.8, 4) is 5.75 Å². The number of fused-ring (bicyclic) bond motifs is 1. The van der Waals surface area contributed by atoms with Crippen LogP contribution in [0.2, 0.25) is 0 Å². The first-order chi connectivity index (χ1) is 9.33. The lowest BCUT2D eigenvalue weighted by molar-refractivity contribution is 0.477. The van der Waals surface area contributed by atoms with Crippen LogP contribution in [0.4, 0.5) is 11.4 Å². The molecule has 3 aromatic carbocycles. The van der Waals surface area contributed by atoms with E-state index in [2.05, 4.69) is 10.2 Å². The van der Waals surface area contributed by atoms with Gasteiger partial charge in [0.2, 0.25) is 0 Å². The highest BCUT2D eigenvalue weighted by Gasteiger charge is 2.02. The molecule has 0 aliphatic rings. The Balaban J connectivity index is 2.01. The quantitative estimate of drug-likeness (QED) is 0.640. The maximum Gasteiger partial charge on any atom is 0.143 e. The summed E-state index contributed by atoms with van der Waals surface area (Å²) in [5.74, 6) is 0.137. The van der Waals surface area contributed by atoms with Gasteiger partial charge in [0.15, 0.2) is 0 Å². The number of azo groups is 1. The molecular formula is C16H12N2O. The van der Waals surface area contributed by atoms with Crippen molar-refractivity contribution in [2.75, 3.05) is 0 Å². The van der Waals surface area contributed by atoms with Crippen molar-refractivity contribution in [2.24, 2.45) is 10.2 Å². The highest BCUT2D eigenvalue weighted by molar-refractivity contribution is 5.87. The van der Waals surface area contributed by atoms with E-state index in [0.717, 1.165) is 16.5 Å². The molecule has 0 amide bonds. The van der Waals surface area contributed by atoms with E-state index in [-0.39, 0.29) is 5.75 Å². The standard InChI is InChI=1S/C16H12N2O/c19-16-11-13-7-5-4-6-12(13)10-15(16)18-17-14-8-2-1-3-9-14/h1-11,19H. The molecule has 0 spiro atoms. The average molecular weight is 248 g/mol. The molecule has 3 heteroatoms. The molecule has 0 bridgehead atoms. The second kappa shape index (κ2) is 4.90. The summed E-state index contributed by atoms with van der Waals surface area (Å²) in [6.45, 7) is 0. The molecule has 3 nitrogen and oxygen atoms in total. The minimum Gasteiger partial charge on any atom is -0.506 e. The zero-order valence-electron chi connectivity index (χ0n) is 10.2. The Labute approximate surface area is 110 Å². The third-order valence-corrected chi connectivity index (χ3v) is 2.87. The zero-order valence-corrected chi connectivity index (χ0v) is 10.2. The highest BCUT2D eigenvalue weighted by atomic mass is 16.3. The van der Waals surface area contributed by atoms with Crippen molar-refractivity contribution in [3.63, 3.8) is 0 Å². The van der Waals surface area contributed by atoms with Crippen LogP contribution in [0.3, 0.4) is 0 Å². The topological polar surface area (TPSA) is 45.0 Å². The van der Waals surface area contributed by atoms with Gasteiger partial charge in [-0.3, -0.25) is 0 Å². The lowest BCUT2D eigenvalue weighted by Gasteiger charge is -2.01. The smallest absolute Gasteiger partial charge is 0.143 e. The summed E-state index contributed by atoms with van der Waals surface area (Å²) in [6.07, 6.45) is 0. The molecular weight excluding hydrogens is 236 g/mol. The van der Waals surface area contributed by atoms with Crippen LogP contribution in [0, 0.1) is 0 Å². The normalized spacial score (nSPS) is 11.2. The van der Waals surface area contributed by atoms with Gasteiger partial charge in [0, 0.05) is 0 Å². The lowest BCUT2D eigenvalue weighted by Crippen LogP contribution is -1.73. The monoisotopic (exact) mass is 248 g/mol. The van der Waals surface area contributed by atoms with Gasteiger partial charge in [-0.2, -0.15) is 5.11 Å². The Kier molecular flexibility index (Phi) is 2.94. The fourth-order valence-corrected chi connectivity index (χ4v) is 1.90. The second-order valence-corrected chi connectivity index (χ2v) is 4.22. The number of aromatic hydroxyl groups is 1. The van der Waals surface area contributed by atoms with Crippen molar-refractivity contribution in [3.05, 3.63) is 66.7 Å². The maximum atomic E-state index is 9.93. The van der Waals surface area contributed by atoms with E-state index in [1.807, 2.05) is 60.7 Å². The molecule has 92 valence electrons. The van der Waals surface area contributed by atoms with Gasteiger partial charge in [0.25, 0.3) is 0 Å². The summed E-state index contributed by atoms with van der Waals surface area (Å²) < 4.78 is 0. The number of nitrogens with zero attached hydrogens (tertiary/aromatic N) is 2. The predicted octanol–water partition coefficient (Wildman–Crippen LogP) is 4.96. The zero-order chi connectivity index (χ0) is 13.1. The second-order valence-electron chi connectivity index (χ2n) is 4.22. The maximum absolute atomic E-state index is 9.93. The van der Waals surface area contributed by atoms with Crippen LogP contribution in [0.1, 0.15) is 0 Å². The van der Waals surface area contributed by atoms with Crippen LogP contribution in [0.5, 0.6) is 5.75 Å². The molecule has 0 atom stereocenters. The average Bonchev–Trinajstić information content (AvgIpc) is 2.46. The third kappa shape index (κ3) is 2.45. The predicted molar refractivity (Wildman–Crippen MR) is 76.2 cm³/mol. The van der Waals surface area contributed by atoms with Gasteiger partial charge in [-0.15, -0.1) is 5.11 Å². The van der Waals surface area contributed by atoms with E-state index in [1.165, 1.54) is 0 Å². The van der Waals surface area contributed by atoms with Gasteiger partial charge in [-0.25, -0.2) is 0 Å². The van der Waals surface area contributed by atoms with Crippen molar-refractivity contribution < 1.29 is 5.11 Å². The molecule has 0 unspecified atom stereocenters. The summed E-state index contributed by atoms with van der Waals surface area (Å²) >= 11 is 0. The lowest BCUT2D eigenvalue weighted by atomic mass is 10.1. The van der Waals surface area contributed by atoms with Gasteiger partial charge in [-0.1, -0.05) is 42.5 Å². The van der Waals surface area contributed by atoms with Crippen LogP contribution >= 0.6 is 0 Å². The molecule has 3 rings (SSSR count). The van der Waals surface area contributed by atoms with Crippen LogP contribution < -0.4 is 0 Å². The number of hydrogen-bond acceptors (Lipinski definition) is 3. The molecule has 0 heterocycles. The number of phenolic OH excluding ortho intramolecular Hbond substituents is 1. The largest absolute Gasteiger partial charge is 0.506 e. The highest BCUT2D eigenvalue weighted by Crippen LogP contribution is 2.32. The van der Waals surface area contributed by atoms with Crippen LogP contribution in [0.15, 0.2) is 77.0 Å². The van der Waals surface area contributed by atoms with Gasteiger partial charge in [0.05, 0.1) is 5.69 Å². The van der Waals surface area contributed by atoms with E-state index in [9.17, 15) is 5.11 Å². The van der Waals surface area contributed by atoms with E-state index in [1.54, 1.807) is 6.07 Å². The molecule has 0 saturated carbocycles. The summed E-state index contributed by atoms with van der Waals surface area (Å²) in [5, 5.41) is 20.2. The minimum absolute atomic E-state index is 0.137. The van der Waals surface area contributed by atoms with Crippen molar-refractivity contribution in [2.45, 2.75) is 0 Å². The fourth-order valence-electron chi connectivity index (χ4n) is 1.90. The molecule has 3 aromatic rings. The summed E-state index contributed by atoms with van der Waals surface area (Å²) in [5.41, 5.74) is 1.23. The number of phenols is 1. The summed E-state index contributed by atoms with van der Waals surface area (Å²) in [4.78, 5) is 0. The van der Waals surface area contributed by atoms with E-state index in [0.29, 0.717) is 5.69 Å². The molecule has 19 heavy (non-hydrogen) atoms. The fraction of sp³-hybridized carbons (Fsp3) is 0. The molecule has 0 saturated heterocycles. The van der Waals surface area contributed by atoms with Gasteiger partial charge < -0.3 is 5.11 Å². The third-order valence-electron chi connectivity index (χ3n) is 2.87. The SMILES string of the molecule is Oc1cc2ccccc2cc1N=Nc1ccccc1. The van der Waals surface area contributed by atoms with E-state index in [4.69, 9.17) is 0 Å².